The van der Waals surface area contributed by atoms with Gasteiger partial charge in [-0.2, -0.15) is 37.9 Å². The maximum atomic E-state index is 12.4. The van der Waals surface area contributed by atoms with Crippen LogP contribution in [0, 0.1) is 0 Å². The van der Waals surface area contributed by atoms with E-state index in [1.165, 1.54) is 0 Å². The molecule has 0 amide bonds. The molecule has 0 saturated carbocycles. The largest absolute Gasteiger partial charge is 0.446 e. The van der Waals surface area contributed by atoms with Crippen LogP contribution in [0.2, 0.25) is 0 Å². The second-order valence-corrected chi connectivity index (χ2v) is 13.1. The third kappa shape index (κ3) is 4.55. The Morgan fingerprint density at radius 2 is 1.47 bits per heavy atom. The fraction of sp³-hybridized carbons (Fsp3) is 0. The summed E-state index contributed by atoms with van der Waals surface area (Å²) in [5.74, 6) is -3.62. The van der Waals surface area contributed by atoms with Crippen LogP contribution in [-0.2, 0) is 54.6 Å². The Morgan fingerprint density at radius 3 is 1.94 bits per heavy atom. The highest BCUT2D eigenvalue weighted by molar-refractivity contribution is 8.09. The first-order valence-corrected chi connectivity index (χ1v) is 14.5. The van der Waals surface area contributed by atoms with Crippen molar-refractivity contribution in [2.75, 3.05) is 0 Å². The predicted octanol–water partition coefficient (Wildman–Crippen LogP) is -0.791. The molecule has 22 heteroatoms. The molecule has 2 aromatic carbocycles. The molecule has 3 rings (SSSR count). The lowest BCUT2D eigenvalue weighted by molar-refractivity contribution is 0.202. The minimum atomic E-state index is -7.12. The van der Waals surface area contributed by atoms with Gasteiger partial charge in [0.25, 0.3) is 10.1 Å². The molecule has 0 radical (unpaired) electrons. The van der Waals surface area contributed by atoms with Crippen LogP contribution in [0.15, 0.2) is 32.9 Å². The Morgan fingerprint density at radius 1 is 0.906 bits per heavy atom. The second kappa shape index (κ2) is 6.54. The molecule has 1 aliphatic rings. The van der Waals surface area contributed by atoms with Crippen LogP contribution in [0.25, 0.3) is 10.8 Å². The molecule has 0 bridgehead atoms. The summed E-state index contributed by atoms with van der Waals surface area (Å²) < 4.78 is 164. The molecule has 180 valence electrons. The van der Waals surface area contributed by atoms with Gasteiger partial charge in [0.1, 0.15) is 4.90 Å². The molecule has 0 aromatic heterocycles. The van der Waals surface area contributed by atoms with Gasteiger partial charge in [-0.1, -0.05) is 6.07 Å². The zero-order valence-corrected chi connectivity index (χ0v) is 18.5. The number of hydrogen-bond donors (Lipinski definition) is 5. The van der Waals surface area contributed by atoms with Crippen molar-refractivity contribution in [2.45, 2.75) is 14.7 Å². The molecule has 0 unspecified atom stereocenters. The molecule has 0 aliphatic carbocycles. The quantitative estimate of drug-likeness (QED) is 0.286. The Labute approximate surface area is 178 Å². The van der Waals surface area contributed by atoms with Crippen LogP contribution in [0.3, 0.4) is 0 Å². The van der Waals surface area contributed by atoms with Crippen molar-refractivity contribution in [1.82, 2.24) is 0 Å². The molecule has 17 nitrogen and oxygen atoms in total. The van der Waals surface area contributed by atoms with Gasteiger partial charge in [0, 0.05) is 10.8 Å². The summed E-state index contributed by atoms with van der Waals surface area (Å²) in [6, 6.07) is 1.28. The van der Waals surface area contributed by atoms with E-state index in [9.17, 15) is 56.1 Å². The standard InChI is InChI=1S/C10H8O17S5/c11-28(12,13)4-1-2-5-6(3-4)7(25-31(19,20)21)10(29(14,15)16)8-9(5)30(17,18)27-32(22,23,24)26-8/h1-3H,(H,11,12,13)(H,14,15,16)(H,19,20,21)(H2,22,23,24). The second-order valence-electron chi connectivity index (χ2n) is 5.82. The first kappa shape index (κ1) is 24.6. The van der Waals surface area contributed by atoms with Crippen molar-refractivity contribution in [3.63, 3.8) is 0 Å². The predicted molar refractivity (Wildman–Crippen MR) is 98.1 cm³/mol. The van der Waals surface area contributed by atoms with Crippen molar-refractivity contribution < 1.29 is 72.6 Å². The smallest absolute Gasteiger partial charge is 0.362 e. The maximum absolute atomic E-state index is 12.4. The van der Waals surface area contributed by atoms with Crippen LogP contribution in [0.1, 0.15) is 0 Å². The fourth-order valence-electron chi connectivity index (χ4n) is 2.61. The summed E-state index contributed by atoms with van der Waals surface area (Å²) >= 11 is 0. The van der Waals surface area contributed by atoms with E-state index >= 15 is 0 Å². The van der Waals surface area contributed by atoms with Crippen LogP contribution in [0.5, 0.6) is 11.5 Å². The number of fused-ring (bicyclic) bond motifs is 3. The van der Waals surface area contributed by atoms with E-state index in [4.69, 9.17) is 4.55 Å². The average molecular weight is 560 g/mol. The summed E-state index contributed by atoms with van der Waals surface area (Å²) in [6.45, 7) is 0. The number of rotatable bonds is 4. The van der Waals surface area contributed by atoms with Crippen LogP contribution in [-0.4, -0.2) is 60.6 Å². The van der Waals surface area contributed by atoms with Gasteiger partial charge in [-0.15, -0.1) is 3.63 Å². The van der Waals surface area contributed by atoms with E-state index in [0.29, 0.717) is 12.1 Å². The third-order valence-electron chi connectivity index (χ3n) is 3.53. The molecular weight excluding hydrogens is 552 g/mol. The molecular formula is C10H8O17S5. The van der Waals surface area contributed by atoms with Crippen molar-refractivity contribution in [3.8, 4) is 11.5 Å². The topological polar surface area (TPSA) is 282 Å². The summed E-state index contributed by atoms with van der Waals surface area (Å²) in [7, 11) is -29.5. The van der Waals surface area contributed by atoms with Gasteiger partial charge >= 0.3 is 40.8 Å². The zero-order valence-electron chi connectivity index (χ0n) is 14.4. The third-order valence-corrected chi connectivity index (χ3v) is 8.64. The SMILES string of the molecule is O=S(=O)(O)Oc1c(S(=O)(=O)O)c2c(c3ccc(S(=O)(=O)O)cc13)S(=O)(=O)OS(=O)(O)(O)O2. The van der Waals surface area contributed by atoms with Gasteiger partial charge in [-0.05, 0) is 12.1 Å². The first-order valence-electron chi connectivity index (χ1n) is 7.09. The lowest BCUT2D eigenvalue weighted by atomic mass is 10.1. The van der Waals surface area contributed by atoms with Crippen LogP contribution < -0.4 is 8.37 Å². The minimum Gasteiger partial charge on any atom is -0.362 e. The van der Waals surface area contributed by atoms with Crippen LogP contribution in [0.4, 0.5) is 0 Å². The molecule has 5 N–H and O–H groups in total. The first-order chi connectivity index (χ1) is 14.0. The van der Waals surface area contributed by atoms with E-state index in [0.717, 1.165) is 0 Å². The van der Waals surface area contributed by atoms with E-state index in [1.807, 2.05) is 0 Å². The van der Waals surface area contributed by atoms with E-state index < -0.39 is 87.9 Å². The summed E-state index contributed by atoms with van der Waals surface area (Å²) in [5.41, 5.74) is 0. The molecule has 2 aromatic rings. The monoisotopic (exact) mass is 560 g/mol. The van der Waals surface area contributed by atoms with Gasteiger partial charge in [-0.3, -0.25) is 22.8 Å². The summed E-state index contributed by atoms with van der Waals surface area (Å²) in [6.07, 6.45) is 0. The van der Waals surface area contributed by atoms with Crippen LogP contribution >= 0.6 is 0 Å². The highest BCUT2D eigenvalue weighted by Crippen LogP contribution is 2.52. The van der Waals surface area contributed by atoms with Crippen molar-refractivity contribution in [3.05, 3.63) is 18.2 Å². The zero-order chi connectivity index (χ0) is 24.7. The minimum absolute atomic E-state index is 0.261. The highest BCUT2D eigenvalue weighted by Gasteiger charge is 2.52. The molecule has 0 saturated heterocycles. The van der Waals surface area contributed by atoms with Gasteiger partial charge in [-0.25, -0.2) is 0 Å². The maximum Gasteiger partial charge on any atom is 0.446 e. The van der Waals surface area contributed by atoms with Gasteiger partial charge in [0.2, 0.25) is 0 Å². The lowest BCUT2D eigenvalue weighted by Gasteiger charge is -2.34. The average Bonchev–Trinajstić information content (AvgIpc) is 2.47. The molecule has 1 heterocycles. The Kier molecular flexibility index (Phi) is 5.03. The molecule has 1 aliphatic heterocycles. The van der Waals surface area contributed by atoms with Crippen molar-refractivity contribution in [1.29, 1.82) is 0 Å². The fourth-order valence-corrected chi connectivity index (χ4v) is 7.37. The lowest BCUT2D eigenvalue weighted by Crippen LogP contribution is -2.45. The van der Waals surface area contributed by atoms with E-state index in [2.05, 4.69) is 12.0 Å². The number of benzene rings is 2. The highest BCUT2D eigenvalue weighted by atomic mass is 32.4. The molecule has 0 spiro atoms. The van der Waals surface area contributed by atoms with E-state index in [1.54, 1.807) is 0 Å². The van der Waals surface area contributed by atoms with Crippen molar-refractivity contribution >= 4 is 61.7 Å². The number of hydrogen-bond acceptors (Lipinski definition) is 12. The van der Waals surface area contributed by atoms with E-state index in [-0.39, 0.29) is 6.07 Å². The Hall–Kier alpha value is -1.99. The van der Waals surface area contributed by atoms with Crippen molar-refractivity contribution in [2.24, 2.45) is 0 Å². The molecule has 0 fully saturated rings. The van der Waals surface area contributed by atoms with Gasteiger partial charge < -0.3 is 8.37 Å². The molecule has 32 heavy (non-hydrogen) atoms. The van der Waals surface area contributed by atoms with Gasteiger partial charge in [0.05, 0.1) is 4.90 Å². The van der Waals surface area contributed by atoms with Gasteiger partial charge in [0.15, 0.2) is 16.4 Å². The Balaban J connectivity index is 2.76. The normalized spacial score (nSPS) is 21.0. The molecule has 0 atom stereocenters. The Bertz CT molecular complexity index is 1690. The summed E-state index contributed by atoms with van der Waals surface area (Å²) in [5, 5.41) is -2.05. The summed E-state index contributed by atoms with van der Waals surface area (Å²) in [4.78, 5) is -4.66.